The predicted molar refractivity (Wildman–Crippen MR) is 72.6 cm³/mol. The zero-order valence-corrected chi connectivity index (χ0v) is 10.2. The number of hydrogen-bond donors (Lipinski definition) is 0. The number of nitrogens with zero attached hydrogens (tertiary/aromatic N) is 1. The van der Waals surface area contributed by atoms with E-state index in [4.69, 9.17) is 0 Å². The van der Waals surface area contributed by atoms with E-state index in [2.05, 4.69) is 47.4 Å². The molecule has 0 aromatic carbocycles. The van der Waals surface area contributed by atoms with Crippen molar-refractivity contribution in [1.82, 2.24) is 4.90 Å². The lowest BCUT2D eigenvalue weighted by Gasteiger charge is -2.29. The number of piperidine rings is 1. The van der Waals surface area contributed by atoms with E-state index in [9.17, 15) is 0 Å². The van der Waals surface area contributed by atoms with Crippen molar-refractivity contribution in [3.05, 3.63) is 59.4 Å². The van der Waals surface area contributed by atoms with Crippen molar-refractivity contribution < 1.29 is 0 Å². The van der Waals surface area contributed by atoms with E-state index >= 15 is 0 Å². The summed E-state index contributed by atoms with van der Waals surface area (Å²) < 4.78 is 0. The molecule has 0 radical (unpaired) electrons. The number of likely N-dealkylation sites (tertiary alicyclic amines) is 1. The molecule has 3 aliphatic rings. The maximum atomic E-state index is 2.53. The van der Waals surface area contributed by atoms with Gasteiger partial charge < -0.3 is 4.90 Å². The first-order valence-corrected chi connectivity index (χ1v) is 6.63. The van der Waals surface area contributed by atoms with Gasteiger partial charge in [0.25, 0.3) is 0 Å². The Kier molecular flexibility index (Phi) is 3.00. The Balaban J connectivity index is 1.89. The van der Waals surface area contributed by atoms with Crippen LogP contribution in [-0.2, 0) is 0 Å². The van der Waals surface area contributed by atoms with Gasteiger partial charge in [0, 0.05) is 18.8 Å². The van der Waals surface area contributed by atoms with Gasteiger partial charge in [0.1, 0.15) is 0 Å². The van der Waals surface area contributed by atoms with Crippen molar-refractivity contribution in [2.75, 3.05) is 13.1 Å². The van der Waals surface area contributed by atoms with Gasteiger partial charge in [0.15, 0.2) is 0 Å². The molecule has 0 unspecified atom stereocenters. The Morgan fingerprint density at radius 3 is 2.41 bits per heavy atom. The van der Waals surface area contributed by atoms with Crippen LogP contribution in [0.15, 0.2) is 59.4 Å². The van der Waals surface area contributed by atoms with Crippen molar-refractivity contribution in [2.24, 2.45) is 0 Å². The minimum Gasteiger partial charge on any atom is -0.372 e. The Bertz CT molecular complexity index is 440. The third kappa shape index (κ3) is 2.44. The van der Waals surface area contributed by atoms with Gasteiger partial charge >= 0.3 is 0 Å². The average molecular weight is 225 g/mol. The summed E-state index contributed by atoms with van der Waals surface area (Å²) in [6.45, 7) is 2.44. The molecule has 2 aliphatic carbocycles. The van der Waals surface area contributed by atoms with Gasteiger partial charge in [0.05, 0.1) is 0 Å². The summed E-state index contributed by atoms with van der Waals surface area (Å²) in [5, 5.41) is 0. The van der Waals surface area contributed by atoms with Gasteiger partial charge in [-0.25, -0.2) is 0 Å². The molecular formula is C16H19N. The van der Waals surface area contributed by atoms with Gasteiger partial charge in [-0.05, 0) is 49.0 Å². The normalized spacial score (nSPS) is 23.5. The molecule has 1 aliphatic heterocycles. The van der Waals surface area contributed by atoms with E-state index in [0.29, 0.717) is 0 Å². The van der Waals surface area contributed by atoms with Crippen LogP contribution < -0.4 is 0 Å². The molecule has 1 nitrogen and oxygen atoms in total. The molecule has 0 aromatic heterocycles. The second-order valence-electron chi connectivity index (χ2n) is 5.00. The summed E-state index contributed by atoms with van der Waals surface area (Å²) in [4.78, 5) is 2.53. The maximum Gasteiger partial charge on any atom is 0.0369 e. The highest BCUT2D eigenvalue weighted by Gasteiger charge is 2.14. The summed E-state index contributed by atoms with van der Waals surface area (Å²) in [6, 6.07) is 0. The Morgan fingerprint density at radius 1 is 0.824 bits per heavy atom. The fourth-order valence-corrected chi connectivity index (χ4v) is 2.70. The Morgan fingerprint density at radius 2 is 1.59 bits per heavy atom. The topological polar surface area (TPSA) is 3.24 Å². The highest BCUT2D eigenvalue weighted by Crippen LogP contribution is 2.25. The molecule has 17 heavy (non-hydrogen) atoms. The highest BCUT2D eigenvalue weighted by molar-refractivity contribution is 5.45. The Labute approximate surface area is 104 Å². The number of rotatable bonds is 1. The fraction of sp³-hybridized carbons (Fsp3) is 0.375. The minimum atomic E-state index is 1.07. The minimum absolute atomic E-state index is 1.07. The summed E-state index contributed by atoms with van der Waals surface area (Å²) >= 11 is 0. The molecule has 0 aromatic rings. The van der Waals surface area contributed by atoms with Crippen molar-refractivity contribution in [1.29, 1.82) is 0 Å². The van der Waals surface area contributed by atoms with E-state index in [1.54, 1.807) is 0 Å². The van der Waals surface area contributed by atoms with Gasteiger partial charge in [0.2, 0.25) is 0 Å². The summed E-state index contributed by atoms with van der Waals surface area (Å²) in [5.41, 5.74) is 4.23. The molecule has 0 amide bonds. The van der Waals surface area contributed by atoms with E-state index in [1.165, 1.54) is 49.2 Å². The van der Waals surface area contributed by atoms with Crippen molar-refractivity contribution in [3.8, 4) is 0 Å². The zero-order valence-electron chi connectivity index (χ0n) is 10.2. The average Bonchev–Trinajstić information content (AvgIpc) is 2.73. The van der Waals surface area contributed by atoms with Crippen LogP contribution in [0, 0.1) is 0 Å². The lowest BCUT2D eigenvalue weighted by Crippen LogP contribution is -2.28. The summed E-state index contributed by atoms with van der Waals surface area (Å²) in [6.07, 6.45) is 20.8. The van der Waals surface area contributed by atoms with Gasteiger partial charge in [-0.1, -0.05) is 30.4 Å². The molecule has 3 rings (SSSR count). The van der Waals surface area contributed by atoms with E-state index < -0.39 is 0 Å². The van der Waals surface area contributed by atoms with Gasteiger partial charge in [-0.15, -0.1) is 0 Å². The summed E-state index contributed by atoms with van der Waals surface area (Å²) in [7, 11) is 0. The standard InChI is InChI=1S/C16H19N/c1-4-10-17(11-5-1)16-9-8-14-6-2-3-7-15(12-14)13-16/h2-3,6-9,13H,1,4-5,10-12H2. The van der Waals surface area contributed by atoms with Crippen LogP contribution in [0.5, 0.6) is 0 Å². The molecule has 1 saturated heterocycles. The molecule has 0 spiro atoms. The molecule has 1 heteroatoms. The number of fused-ring (bicyclic) bond motifs is 2. The monoisotopic (exact) mass is 225 g/mol. The van der Waals surface area contributed by atoms with Crippen LogP contribution in [0.1, 0.15) is 25.7 Å². The first-order valence-electron chi connectivity index (χ1n) is 6.63. The van der Waals surface area contributed by atoms with Gasteiger partial charge in [-0.3, -0.25) is 0 Å². The van der Waals surface area contributed by atoms with Crippen LogP contribution >= 0.6 is 0 Å². The van der Waals surface area contributed by atoms with Crippen LogP contribution in [0.2, 0.25) is 0 Å². The third-order valence-corrected chi connectivity index (χ3v) is 3.66. The van der Waals surface area contributed by atoms with Gasteiger partial charge in [-0.2, -0.15) is 0 Å². The second kappa shape index (κ2) is 4.79. The number of hydrogen-bond acceptors (Lipinski definition) is 1. The highest BCUT2D eigenvalue weighted by atomic mass is 15.1. The van der Waals surface area contributed by atoms with Crippen LogP contribution in [0.3, 0.4) is 0 Å². The zero-order chi connectivity index (χ0) is 11.5. The smallest absolute Gasteiger partial charge is 0.0369 e. The van der Waals surface area contributed by atoms with Crippen molar-refractivity contribution in [3.63, 3.8) is 0 Å². The van der Waals surface area contributed by atoms with Crippen molar-refractivity contribution >= 4 is 0 Å². The van der Waals surface area contributed by atoms with E-state index in [1.807, 2.05) is 0 Å². The maximum absolute atomic E-state index is 2.53. The summed E-state index contributed by atoms with van der Waals surface area (Å²) in [5.74, 6) is 0. The molecule has 1 heterocycles. The lowest BCUT2D eigenvalue weighted by atomic mass is 10.1. The lowest BCUT2D eigenvalue weighted by molar-refractivity contribution is 0.293. The molecule has 2 bridgehead atoms. The molecule has 0 saturated carbocycles. The molecule has 0 N–H and O–H groups in total. The third-order valence-electron chi connectivity index (χ3n) is 3.66. The molecular weight excluding hydrogens is 206 g/mol. The molecule has 1 fully saturated rings. The van der Waals surface area contributed by atoms with Crippen LogP contribution in [0.25, 0.3) is 0 Å². The molecule has 0 atom stereocenters. The van der Waals surface area contributed by atoms with E-state index in [0.717, 1.165) is 6.42 Å². The Hall–Kier alpha value is -1.50. The first kappa shape index (κ1) is 10.6. The molecule has 88 valence electrons. The number of allylic oxidation sites excluding steroid dienone is 9. The SMILES string of the molecule is C1=CC=C2C=C(N3CCCCC3)C=CC(=C1)C2. The first-order chi connectivity index (χ1) is 8.42. The van der Waals surface area contributed by atoms with Crippen molar-refractivity contribution in [2.45, 2.75) is 25.7 Å². The predicted octanol–water partition coefficient (Wildman–Crippen LogP) is 3.74. The largest absolute Gasteiger partial charge is 0.372 e. The van der Waals surface area contributed by atoms with Crippen LogP contribution in [0.4, 0.5) is 0 Å². The van der Waals surface area contributed by atoms with Crippen LogP contribution in [-0.4, -0.2) is 18.0 Å². The van der Waals surface area contributed by atoms with E-state index in [-0.39, 0.29) is 0 Å². The fourth-order valence-electron chi connectivity index (χ4n) is 2.70. The second-order valence-corrected chi connectivity index (χ2v) is 5.00. The quantitative estimate of drug-likeness (QED) is 0.657.